The molecule has 1 aliphatic rings. The molecule has 0 bridgehead atoms. The van der Waals surface area contributed by atoms with Crippen LogP contribution in [0.1, 0.15) is 11.1 Å². The van der Waals surface area contributed by atoms with E-state index in [1.807, 2.05) is 29.2 Å². The lowest BCUT2D eigenvalue weighted by Gasteiger charge is -2.29. The van der Waals surface area contributed by atoms with E-state index in [0.717, 1.165) is 11.0 Å². The Labute approximate surface area is 154 Å². The number of nitrogens with zero attached hydrogens (tertiary/aromatic N) is 2. The van der Waals surface area contributed by atoms with Crippen molar-refractivity contribution in [1.82, 2.24) is 9.97 Å². The van der Waals surface area contributed by atoms with Crippen molar-refractivity contribution in [2.75, 3.05) is 36.5 Å². The Balaban J connectivity index is 1.57. The van der Waals surface area contributed by atoms with Gasteiger partial charge in [-0.25, -0.2) is 4.98 Å². The maximum Gasteiger partial charge on any atom is 0.416 e. The summed E-state index contributed by atoms with van der Waals surface area (Å²) >= 11 is 0. The fourth-order valence-electron chi connectivity index (χ4n) is 3.22. The van der Waals surface area contributed by atoms with Crippen LogP contribution in [0.3, 0.4) is 0 Å². The Morgan fingerprint density at radius 2 is 1.89 bits per heavy atom. The van der Waals surface area contributed by atoms with Crippen molar-refractivity contribution < 1.29 is 17.9 Å². The number of para-hydroxylation sites is 2. The molecule has 2 heterocycles. The molecule has 4 rings (SSSR count). The lowest BCUT2D eigenvalue weighted by atomic mass is 10.1. The van der Waals surface area contributed by atoms with Gasteiger partial charge in [-0.2, -0.15) is 13.2 Å². The molecule has 142 valence electrons. The molecule has 0 spiro atoms. The lowest BCUT2D eigenvalue weighted by Crippen LogP contribution is -2.36. The number of halogens is 3. The molecule has 2 N–H and O–H groups in total. The van der Waals surface area contributed by atoms with Crippen LogP contribution >= 0.6 is 0 Å². The zero-order chi connectivity index (χ0) is 18.9. The van der Waals surface area contributed by atoms with Crippen LogP contribution in [0.5, 0.6) is 0 Å². The molecule has 27 heavy (non-hydrogen) atoms. The van der Waals surface area contributed by atoms with Gasteiger partial charge in [0.05, 0.1) is 29.8 Å². The minimum absolute atomic E-state index is 0.0258. The Morgan fingerprint density at radius 1 is 1.11 bits per heavy atom. The quantitative estimate of drug-likeness (QED) is 0.722. The molecule has 1 aliphatic heterocycles. The minimum Gasteiger partial charge on any atom is -0.378 e. The summed E-state index contributed by atoms with van der Waals surface area (Å²) in [7, 11) is 0. The second-order valence-electron chi connectivity index (χ2n) is 6.39. The highest BCUT2D eigenvalue weighted by Crippen LogP contribution is 2.35. The molecule has 0 unspecified atom stereocenters. The summed E-state index contributed by atoms with van der Waals surface area (Å²) in [6.45, 7) is 2.26. The molecule has 2 aromatic carbocycles. The number of fused-ring (bicyclic) bond motifs is 1. The van der Waals surface area contributed by atoms with E-state index in [0.29, 0.717) is 37.9 Å². The number of aromatic nitrogens is 2. The summed E-state index contributed by atoms with van der Waals surface area (Å²) in [6.07, 6.45) is -4.42. The van der Waals surface area contributed by atoms with E-state index in [2.05, 4.69) is 15.3 Å². The van der Waals surface area contributed by atoms with Crippen molar-refractivity contribution in [3.63, 3.8) is 0 Å². The summed E-state index contributed by atoms with van der Waals surface area (Å²) < 4.78 is 46.1. The molecule has 0 atom stereocenters. The highest BCUT2D eigenvalue weighted by molar-refractivity contribution is 5.77. The predicted molar refractivity (Wildman–Crippen MR) is 97.9 cm³/mol. The number of rotatable bonds is 4. The molecule has 0 saturated carbocycles. The molecule has 1 saturated heterocycles. The van der Waals surface area contributed by atoms with Gasteiger partial charge in [0.25, 0.3) is 0 Å². The topological polar surface area (TPSA) is 53.2 Å². The van der Waals surface area contributed by atoms with Crippen LogP contribution in [0.25, 0.3) is 11.0 Å². The Kier molecular flexibility index (Phi) is 4.65. The van der Waals surface area contributed by atoms with Crippen LogP contribution in [0.4, 0.5) is 24.8 Å². The fourth-order valence-corrected chi connectivity index (χ4v) is 3.22. The molecule has 0 amide bonds. The molecule has 0 aliphatic carbocycles. The highest BCUT2D eigenvalue weighted by Gasteiger charge is 2.34. The van der Waals surface area contributed by atoms with E-state index in [1.54, 1.807) is 6.07 Å². The maximum atomic E-state index is 13.6. The largest absolute Gasteiger partial charge is 0.416 e. The van der Waals surface area contributed by atoms with Crippen molar-refractivity contribution in [2.45, 2.75) is 12.7 Å². The van der Waals surface area contributed by atoms with Crippen LogP contribution in [0.2, 0.25) is 0 Å². The zero-order valence-electron chi connectivity index (χ0n) is 14.5. The van der Waals surface area contributed by atoms with Gasteiger partial charge in [0.15, 0.2) is 0 Å². The second kappa shape index (κ2) is 7.11. The number of H-pyrrole nitrogens is 1. The van der Waals surface area contributed by atoms with Crippen molar-refractivity contribution >= 4 is 22.7 Å². The molecule has 1 aromatic heterocycles. The van der Waals surface area contributed by atoms with E-state index >= 15 is 0 Å². The first-order chi connectivity index (χ1) is 13.0. The number of imidazole rings is 1. The second-order valence-corrected chi connectivity index (χ2v) is 6.39. The van der Waals surface area contributed by atoms with E-state index in [9.17, 15) is 13.2 Å². The van der Waals surface area contributed by atoms with E-state index < -0.39 is 11.7 Å². The first-order valence-electron chi connectivity index (χ1n) is 8.72. The van der Waals surface area contributed by atoms with Gasteiger partial charge in [0, 0.05) is 25.3 Å². The van der Waals surface area contributed by atoms with Gasteiger partial charge in [0.1, 0.15) is 0 Å². The molecule has 5 nitrogen and oxygen atoms in total. The number of hydrogen-bond acceptors (Lipinski definition) is 4. The summed E-state index contributed by atoms with van der Waals surface area (Å²) in [5, 5.41) is 2.96. The zero-order valence-corrected chi connectivity index (χ0v) is 14.5. The Hall–Kier alpha value is -2.74. The lowest BCUT2D eigenvalue weighted by molar-refractivity contribution is -0.138. The van der Waals surface area contributed by atoms with Crippen molar-refractivity contribution in [1.29, 1.82) is 0 Å². The van der Waals surface area contributed by atoms with E-state index in [4.69, 9.17) is 4.74 Å². The predicted octanol–water partition coefficient (Wildman–Crippen LogP) is 4.03. The average molecular weight is 376 g/mol. The SMILES string of the molecule is FC(F)(F)c1cc(N2CCOCC2)ccc1CNc1nc2ccccc2[nH]1. The fraction of sp³-hybridized carbons (Fsp3) is 0.316. The van der Waals surface area contributed by atoms with E-state index in [-0.39, 0.29) is 12.1 Å². The smallest absolute Gasteiger partial charge is 0.378 e. The summed E-state index contributed by atoms with van der Waals surface area (Å²) in [6, 6.07) is 11.9. The van der Waals surface area contributed by atoms with Crippen molar-refractivity contribution in [3.05, 3.63) is 53.6 Å². The third-order valence-corrected chi connectivity index (χ3v) is 4.61. The van der Waals surface area contributed by atoms with Crippen molar-refractivity contribution in [2.24, 2.45) is 0 Å². The number of aromatic amines is 1. The van der Waals surface area contributed by atoms with Gasteiger partial charge in [-0.3, -0.25) is 0 Å². The molecule has 0 radical (unpaired) electrons. The van der Waals surface area contributed by atoms with Crippen LogP contribution in [0, 0.1) is 0 Å². The Bertz CT molecular complexity index is 899. The number of benzene rings is 2. The maximum absolute atomic E-state index is 13.6. The Morgan fingerprint density at radius 3 is 2.63 bits per heavy atom. The molecular weight excluding hydrogens is 357 g/mol. The van der Waals surface area contributed by atoms with Gasteiger partial charge < -0.3 is 19.9 Å². The standard InChI is InChI=1S/C19H19F3N4O/c20-19(21,22)15-11-14(26-7-9-27-10-8-26)6-5-13(15)12-23-18-24-16-3-1-2-4-17(16)25-18/h1-6,11H,7-10,12H2,(H2,23,24,25). The van der Waals surface area contributed by atoms with Crippen LogP contribution < -0.4 is 10.2 Å². The van der Waals surface area contributed by atoms with Gasteiger partial charge >= 0.3 is 6.18 Å². The first-order valence-corrected chi connectivity index (χ1v) is 8.72. The minimum atomic E-state index is -4.42. The summed E-state index contributed by atoms with van der Waals surface area (Å²) in [5.74, 6) is 0.446. The van der Waals surface area contributed by atoms with Gasteiger partial charge in [-0.15, -0.1) is 0 Å². The number of anilines is 2. The molecule has 1 fully saturated rings. The van der Waals surface area contributed by atoms with Gasteiger partial charge in [-0.05, 0) is 29.8 Å². The third-order valence-electron chi connectivity index (χ3n) is 4.61. The van der Waals surface area contributed by atoms with Crippen LogP contribution in [-0.2, 0) is 17.5 Å². The number of nitrogens with one attached hydrogen (secondary N) is 2. The van der Waals surface area contributed by atoms with Gasteiger partial charge in [0.2, 0.25) is 5.95 Å². The molecular formula is C19H19F3N4O. The van der Waals surface area contributed by atoms with Crippen molar-refractivity contribution in [3.8, 4) is 0 Å². The molecule has 8 heteroatoms. The highest BCUT2D eigenvalue weighted by atomic mass is 19.4. The normalized spacial score (nSPS) is 15.3. The number of morpholine rings is 1. The van der Waals surface area contributed by atoms with Gasteiger partial charge in [-0.1, -0.05) is 18.2 Å². The summed E-state index contributed by atoms with van der Waals surface area (Å²) in [5.41, 5.74) is 1.71. The summed E-state index contributed by atoms with van der Waals surface area (Å²) in [4.78, 5) is 9.31. The average Bonchev–Trinajstić information content (AvgIpc) is 3.09. The van der Waals surface area contributed by atoms with Crippen LogP contribution in [-0.4, -0.2) is 36.3 Å². The first kappa shape index (κ1) is 17.7. The number of alkyl halides is 3. The number of hydrogen-bond donors (Lipinski definition) is 2. The molecule has 3 aromatic rings. The van der Waals surface area contributed by atoms with Crippen LogP contribution in [0.15, 0.2) is 42.5 Å². The monoisotopic (exact) mass is 376 g/mol. The van der Waals surface area contributed by atoms with E-state index in [1.165, 1.54) is 12.1 Å². The number of ether oxygens (including phenoxy) is 1. The third kappa shape index (κ3) is 3.85.